The van der Waals surface area contributed by atoms with Gasteiger partial charge in [0.05, 0.1) is 11.7 Å². The molecule has 38 heavy (non-hydrogen) atoms. The first-order valence-corrected chi connectivity index (χ1v) is 13.0. The predicted octanol–water partition coefficient (Wildman–Crippen LogP) is 3.79. The average Bonchev–Trinajstić information content (AvgIpc) is 3.26. The fraction of sp³-hybridized carbons (Fsp3) is 0.407. The van der Waals surface area contributed by atoms with Crippen LogP contribution in [0, 0.1) is 18.6 Å². The van der Waals surface area contributed by atoms with E-state index >= 15 is 0 Å². The highest BCUT2D eigenvalue weighted by molar-refractivity contribution is 5.83. The van der Waals surface area contributed by atoms with Crippen LogP contribution in [-0.2, 0) is 6.54 Å². The Balaban J connectivity index is 1.27. The molecule has 0 atom stereocenters. The second kappa shape index (κ2) is 11.5. The van der Waals surface area contributed by atoms with Crippen molar-refractivity contribution in [3.63, 3.8) is 0 Å². The van der Waals surface area contributed by atoms with E-state index in [2.05, 4.69) is 40.8 Å². The zero-order valence-corrected chi connectivity index (χ0v) is 21.9. The van der Waals surface area contributed by atoms with Crippen LogP contribution in [-0.4, -0.2) is 68.7 Å². The average molecular weight is 522 g/mol. The summed E-state index contributed by atoms with van der Waals surface area (Å²) in [5.74, 6) is 0.233. The van der Waals surface area contributed by atoms with Crippen LogP contribution in [0.15, 0.2) is 36.7 Å². The van der Waals surface area contributed by atoms with Crippen LogP contribution < -0.4 is 16.0 Å². The van der Waals surface area contributed by atoms with E-state index in [1.807, 2.05) is 37.5 Å². The third kappa shape index (κ3) is 5.79. The molecule has 5 rings (SSSR count). The molecule has 0 aliphatic carbocycles. The largest absolute Gasteiger partial charge is 0.326 e. The van der Waals surface area contributed by atoms with Crippen molar-refractivity contribution in [1.82, 2.24) is 40.0 Å². The van der Waals surface area contributed by atoms with Gasteiger partial charge in [0.15, 0.2) is 11.6 Å². The van der Waals surface area contributed by atoms with Gasteiger partial charge in [-0.25, -0.2) is 28.7 Å². The molecule has 0 radical (unpaired) electrons. The Morgan fingerprint density at radius 3 is 2.58 bits per heavy atom. The summed E-state index contributed by atoms with van der Waals surface area (Å²) in [7, 11) is 0. The van der Waals surface area contributed by atoms with E-state index in [0.717, 1.165) is 57.6 Å². The summed E-state index contributed by atoms with van der Waals surface area (Å²) >= 11 is 0. The lowest BCUT2D eigenvalue weighted by molar-refractivity contribution is 0.241. The number of aromatic nitrogens is 5. The zero-order valence-electron chi connectivity index (χ0n) is 21.9. The van der Waals surface area contributed by atoms with Crippen molar-refractivity contribution >= 4 is 22.8 Å². The topological polar surface area (TPSA) is 95.8 Å². The lowest BCUT2D eigenvalue weighted by Crippen LogP contribution is -2.45. The normalized spacial score (nSPS) is 14.5. The standard InChI is InChI=1S/C27H33F2N9/c1-17(2)38-18(3)34-26-21(28)12-20(13-23(26)38)25-22(29)16-33-27(36-25)35-24-5-4-19(15-32-24)14-31-8-11-37-9-6-30-7-10-37/h4-5,12-13,15-17,30-31H,6-11,14H2,1-3H3,(H,32,33,35,36). The molecular formula is C27H33F2N9. The summed E-state index contributed by atoms with van der Waals surface area (Å²) < 4.78 is 31.6. The molecular weight excluding hydrogens is 488 g/mol. The number of nitrogens with zero attached hydrogens (tertiary/aromatic N) is 6. The number of piperazine rings is 1. The van der Waals surface area contributed by atoms with Crippen LogP contribution in [0.4, 0.5) is 20.5 Å². The Bertz CT molecular complexity index is 1400. The van der Waals surface area contributed by atoms with Gasteiger partial charge in [-0.2, -0.15) is 0 Å². The van der Waals surface area contributed by atoms with Crippen LogP contribution >= 0.6 is 0 Å². The second-order valence-electron chi connectivity index (χ2n) is 9.78. The first-order valence-electron chi connectivity index (χ1n) is 13.0. The Morgan fingerprint density at radius 2 is 1.84 bits per heavy atom. The van der Waals surface area contributed by atoms with Crippen LogP contribution in [0.5, 0.6) is 0 Å². The Hall–Kier alpha value is -3.54. The van der Waals surface area contributed by atoms with Gasteiger partial charge < -0.3 is 20.5 Å². The van der Waals surface area contributed by atoms with Crippen LogP contribution in [0.3, 0.4) is 0 Å². The molecule has 3 N–H and O–H groups in total. The van der Waals surface area contributed by atoms with Crippen molar-refractivity contribution in [1.29, 1.82) is 0 Å². The van der Waals surface area contributed by atoms with Gasteiger partial charge in [-0.3, -0.25) is 4.90 Å². The molecule has 0 spiro atoms. The fourth-order valence-corrected chi connectivity index (χ4v) is 4.81. The monoisotopic (exact) mass is 521 g/mol. The molecule has 0 saturated carbocycles. The molecule has 4 aromatic rings. The number of benzene rings is 1. The maximum absolute atomic E-state index is 14.9. The summed E-state index contributed by atoms with van der Waals surface area (Å²) in [5, 5.41) is 9.83. The molecule has 9 nitrogen and oxygen atoms in total. The minimum Gasteiger partial charge on any atom is -0.326 e. The Morgan fingerprint density at radius 1 is 1.03 bits per heavy atom. The molecule has 1 aromatic carbocycles. The van der Waals surface area contributed by atoms with Crippen molar-refractivity contribution in [2.75, 3.05) is 44.6 Å². The number of hydrogen-bond acceptors (Lipinski definition) is 8. The molecule has 0 unspecified atom stereocenters. The van der Waals surface area contributed by atoms with Gasteiger partial charge in [0.25, 0.3) is 0 Å². The number of halogens is 2. The number of rotatable bonds is 9. The van der Waals surface area contributed by atoms with E-state index in [0.29, 0.717) is 22.7 Å². The van der Waals surface area contributed by atoms with Gasteiger partial charge in [-0.05, 0) is 44.5 Å². The van der Waals surface area contributed by atoms with Gasteiger partial charge in [0.1, 0.15) is 22.9 Å². The number of nitrogens with one attached hydrogen (secondary N) is 3. The third-order valence-corrected chi connectivity index (χ3v) is 6.67. The van der Waals surface area contributed by atoms with Crippen LogP contribution in [0.25, 0.3) is 22.3 Å². The third-order valence-electron chi connectivity index (χ3n) is 6.67. The number of imidazole rings is 1. The van der Waals surface area contributed by atoms with Gasteiger partial charge >= 0.3 is 0 Å². The quantitative estimate of drug-likeness (QED) is 0.287. The van der Waals surface area contributed by atoms with Crippen molar-refractivity contribution in [2.45, 2.75) is 33.4 Å². The molecule has 11 heteroatoms. The van der Waals surface area contributed by atoms with Crippen molar-refractivity contribution in [3.05, 3.63) is 59.7 Å². The van der Waals surface area contributed by atoms with Gasteiger partial charge in [0, 0.05) is 63.6 Å². The molecule has 1 saturated heterocycles. The minimum atomic E-state index is -0.642. The van der Waals surface area contributed by atoms with E-state index in [1.165, 1.54) is 6.07 Å². The number of hydrogen-bond donors (Lipinski definition) is 3. The fourth-order valence-electron chi connectivity index (χ4n) is 4.81. The smallest absolute Gasteiger partial charge is 0.229 e. The first kappa shape index (κ1) is 26.1. The van der Waals surface area contributed by atoms with Crippen LogP contribution in [0.2, 0.25) is 0 Å². The highest BCUT2D eigenvalue weighted by Crippen LogP contribution is 2.30. The zero-order chi connectivity index (χ0) is 26.6. The molecule has 0 bridgehead atoms. The maximum atomic E-state index is 14.9. The highest BCUT2D eigenvalue weighted by Gasteiger charge is 2.18. The molecule has 0 amide bonds. The predicted molar refractivity (Wildman–Crippen MR) is 144 cm³/mol. The van der Waals surface area contributed by atoms with Gasteiger partial charge in [-0.1, -0.05) is 6.07 Å². The number of aryl methyl sites for hydroxylation is 1. The summed E-state index contributed by atoms with van der Waals surface area (Å²) in [4.78, 5) is 19.6. The van der Waals surface area contributed by atoms with E-state index in [9.17, 15) is 8.78 Å². The number of fused-ring (bicyclic) bond motifs is 1. The van der Waals surface area contributed by atoms with E-state index < -0.39 is 11.6 Å². The molecule has 1 aliphatic heterocycles. The highest BCUT2D eigenvalue weighted by atomic mass is 19.1. The number of pyridine rings is 1. The molecule has 1 fully saturated rings. The molecule has 200 valence electrons. The number of anilines is 2. The van der Waals surface area contributed by atoms with Crippen molar-refractivity contribution < 1.29 is 8.78 Å². The molecule has 4 heterocycles. The molecule has 1 aliphatic rings. The Kier molecular flexibility index (Phi) is 7.87. The summed E-state index contributed by atoms with van der Waals surface area (Å²) in [6.45, 7) is 12.7. The van der Waals surface area contributed by atoms with Gasteiger partial charge in [-0.15, -0.1) is 0 Å². The summed E-state index contributed by atoms with van der Waals surface area (Å²) in [6.07, 6.45) is 2.86. The Labute approximate surface area is 220 Å². The van der Waals surface area contributed by atoms with E-state index in [-0.39, 0.29) is 23.2 Å². The lowest BCUT2D eigenvalue weighted by atomic mass is 10.1. The van der Waals surface area contributed by atoms with Crippen molar-refractivity contribution in [3.8, 4) is 11.3 Å². The SMILES string of the molecule is Cc1nc2c(F)cc(-c3nc(Nc4ccc(CNCCN5CCNCC5)cn4)ncc3F)cc2n1C(C)C. The second-order valence-corrected chi connectivity index (χ2v) is 9.78. The maximum Gasteiger partial charge on any atom is 0.229 e. The van der Waals surface area contributed by atoms with E-state index in [4.69, 9.17) is 0 Å². The summed E-state index contributed by atoms with van der Waals surface area (Å²) in [6, 6.07) is 6.84. The minimum absolute atomic E-state index is 0.00256. The van der Waals surface area contributed by atoms with Crippen LogP contribution in [0.1, 0.15) is 31.3 Å². The molecule has 3 aromatic heterocycles. The lowest BCUT2D eigenvalue weighted by Gasteiger charge is -2.27. The first-order chi connectivity index (χ1) is 18.4. The van der Waals surface area contributed by atoms with Gasteiger partial charge in [0.2, 0.25) is 5.95 Å². The van der Waals surface area contributed by atoms with Crippen molar-refractivity contribution in [2.24, 2.45) is 0 Å². The summed E-state index contributed by atoms with van der Waals surface area (Å²) in [5.41, 5.74) is 2.23. The van der Waals surface area contributed by atoms with E-state index in [1.54, 1.807) is 12.3 Å².